The van der Waals surface area contributed by atoms with Gasteiger partial charge in [-0.25, -0.2) is 8.42 Å². The minimum Gasteiger partial charge on any atom is -0.495 e. The summed E-state index contributed by atoms with van der Waals surface area (Å²) in [6, 6.07) is 8.66. The van der Waals surface area contributed by atoms with Crippen LogP contribution in [-0.4, -0.2) is 52.1 Å². The molecule has 0 aromatic heterocycles. The molecule has 0 radical (unpaired) electrons. The molecule has 1 N–H and O–H groups in total. The van der Waals surface area contributed by atoms with E-state index in [9.17, 15) is 18.0 Å². The van der Waals surface area contributed by atoms with Gasteiger partial charge < -0.3 is 15.0 Å². The molecule has 0 atom stereocenters. The van der Waals surface area contributed by atoms with Crippen molar-refractivity contribution in [2.75, 3.05) is 32.3 Å². The highest BCUT2D eigenvalue weighted by atomic mass is 35.5. The predicted octanol–water partition coefficient (Wildman–Crippen LogP) is 3.12. The molecule has 28 heavy (non-hydrogen) atoms. The molecule has 2 aromatic carbocycles. The quantitative estimate of drug-likeness (QED) is 0.738. The lowest BCUT2D eigenvalue weighted by Crippen LogP contribution is -2.35. The number of ether oxygens (including phenoxy) is 1. The minimum atomic E-state index is -3.60. The van der Waals surface area contributed by atoms with E-state index in [2.05, 4.69) is 5.32 Å². The van der Waals surface area contributed by atoms with Gasteiger partial charge in [0.25, 0.3) is 5.91 Å². The van der Waals surface area contributed by atoms with Gasteiger partial charge in [-0.05, 0) is 36.4 Å². The summed E-state index contributed by atoms with van der Waals surface area (Å²) in [7, 11) is -0.724. The van der Waals surface area contributed by atoms with Gasteiger partial charge in [0.05, 0.1) is 29.3 Å². The standard InChI is InChI=1S/C18H18Cl2N2O5S/c1-22(10-17(23)21-14-9-12(19)5-7-15(14)27-2)18(24)11-4-6-13(20)16(8-11)28(3,25)26/h4-9H,10H2,1-3H3,(H,21,23). The number of hydrogen-bond donors (Lipinski definition) is 1. The molecule has 2 rings (SSSR count). The van der Waals surface area contributed by atoms with Crippen molar-refractivity contribution in [1.29, 1.82) is 0 Å². The molecule has 0 saturated heterocycles. The first-order valence-corrected chi connectivity index (χ1v) is 10.6. The van der Waals surface area contributed by atoms with Crippen molar-refractivity contribution in [3.05, 3.63) is 52.0 Å². The van der Waals surface area contributed by atoms with Gasteiger partial charge in [-0.3, -0.25) is 9.59 Å². The smallest absolute Gasteiger partial charge is 0.254 e. The van der Waals surface area contributed by atoms with Crippen LogP contribution >= 0.6 is 23.2 Å². The fraction of sp³-hybridized carbons (Fsp3) is 0.222. The Morgan fingerprint density at radius 2 is 1.82 bits per heavy atom. The molecular formula is C18H18Cl2N2O5S. The van der Waals surface area contributed by atoms with Crippen LogP contribution in [0.1, 0.15) is 10.4 Å². The average molecular weight is 445 g/mol. The van der Waals surface area contributed by atoms with Crippen LogP contribution in [0.2, 0.25) is 10.0 Å². The number of rotatable bonds is 6. The molecule has 0 bridgehead atoms. The van der Waals surface area contributed by atoms with Crippen LogP contribution < -0.4 is 10.1 Å². The number of methoxy groups -OCH3 is 1. The Morgan fingerprint density at radius 1 is 1.14 bits per heavy atom. The Labute approximate surface area is 173 Å². The summed E-state index contributed by atoms with van der Waals surface area (Å²) in [5.41, 5.74) is 0.465. The van der Waals surface area contributed by atoms with Crippen molar-refractivity contribution in [1.82, 2.24) is 4.90 Å². The normalized spacial score (nSPS) is 11.0. The zero-order chi connectivity index (χ0) is 21.1. The molecule has 0 heterocycles. The van der Waals surface area contributed by atoms with Crippen LogP contribution in [0, 0.1) is 0 Å². The van der Waals surface area contributed by atoms with Gasteiger partial charge in [-0.1, -0.05) is 23.2 Å². The van der Waals surface area contributed by atoms with Gasteiger partial charge in [0, 0.05) is 23.9 Å². The van der Waals surface area contributed by atoms with E-state index < -0.39 is 21.7 Å². The fourth-order valence-corrected chi connectivity index (χ4v) is 3.87. The number of carbonyl (C=O) groups is 2. The SMILES string of the molecule is COc1ccc(Cl)cc1NC(=O)CN(C)C(=O)c1ccc(Cl)c(S(C)(=O)=O)c1. The number of nitrogens with zero attached hydrogens (tertiary/aromatic N) is 1. The van der Waals surface area contributed by atoms with Gasteiger partial charge in [0.1, 0.15) is 5.75 Å². The molecule has 0 saturated carbocycles. The topological polar surface area (TPSA) is 92.8 Å². The second-order valence-electron chi connectivity index (χ2n) is 5.97. The summed E-state index contributed by atoms with van der Waals surface area (Å²) in [4.78, 5) is 25.9. The van der Waals surface area contributed by atoms with Crippen molar-refractivity contribution < 1.29 is 22.7 Å². The number of amides is 2. The Morgan fingerprint density at radius 3 is 2.43 bits per heavy atom. The summed E-state index contributed by atoms with van der Waals surface area (Å²) in [5, 5.41) is 3.06. The molecule has 0 aliphatic rings. The second-order valence-corrected chi connectivity index (χ2v) is 8.80. The lowest BCUT2D eigenvalue weighted by molar-refractivity contribution is -0.116. The van der Waals surface area contributed by atoms with Crippen LogP contribution in [0.3, 0.4) is 0 Å². The monoisotopic (exact) mass is 444 g/mol. The molecule has 0 fully saturated rings. The Bertz CT molecular complexity index is 1020. The summed E-state index contributed by atoms with van der Waals surface area (Å²) >= 11 is 11.8. The molecule has 10 heteroatoms. The molecule has 0 spiro atoms. The molecule has 150 valence electrons. The van der Waals surface area contributed by atoms with Crippen LogP contribution in [-0.2, 0) is 14.6 Å². The van der Waals surface area contributed by atoms with Crippen LogP contribution in [0.4, 0.5) is 5.69 Å². The average Bonchev–Trinajstić information content (AvgIpc) is 2.60. The maximum atomic E-state index is 12.6. The van der Waals surface area contributed by atoms with Gasteiger partial charge in [0.2, 0.25) is 5.91 Å². The predicted molar refractivity (Wildman–Crippen MR) is 108 cm³/mol. The van der Waals surface area contributed by atoms with Crippen molar-refractivity contribution in [3.8, 4) is 5.75 Å². The molecular weight excluding hydrogens is 427 g/mol. The van der Waals surface area contributed by atoms with E-state index >= 15 is 0 Å². The second kappa shape index (κ2) is 8.81. The van der Waals surface area contributed by atoms with Crippen molar-refractivity contribution in [2.45, 2.75) is 4.90 Å². The van der Waals surface area contributed by atoms with Crippen molar-refractivity contribution in [2.24, 2.45) is 0 Å². The Hall–Kier alpha value is -2.29. The Kier molecular flexibility index (Phi) is 6.92. The third kappa shape index (κ3) is 5.37. The summed E-state index contributed by atoms with van der Waals surface area (Å²) in [6.45, 7) is -0.272. The zero-order valence-electron chi connectivity index (χ0n) is 15.3. The highest BCUT2D eigenvalue weighted by Crippen LogP contribution is 2.27. The van der Waals surface area contributed by atoms with Gasteiger partial charge >= 0.3 is 0 Å². The number of hydrogen-bond acceptors (Lipinski definition) is 5. The number of nitrogens with one attached hydrogen (secondary N) is 1. The molecule has 2 amide bonds. The number of anilines is 1. The lowest BCUT2D eigenvalue weighted by Gasteiger charge is -2.18. The van der Waals surface area contributed by atoms with E-state index in [1.807, 2.05) is 0 Å². The third-order valence-corrected chi connectivity index (χ3v) is 5.55. The van der Waals surface area contributed by atoms with Gasteiger partial charge in [0.15, 0.2) is 9.84 Å². The Balaban J connectivity index is 2.15. The third-order valence-electron chi connectivity index (χ3n) is 3.74. The minimum absolute atomic E-state index is 0.0208. The van der Waals surface area contributed by atoms with E-state index in [0.717, 1.165) is 11.2 Å². The van der Waals surface area contributed by atoms with Crippen LogP contribution in [0.25, 0.3) is 0 Å². The van der Waals surface area contributed by atoms with E-state index in [4.69, 9.17) is 27.9 Å². The summed E-state index contributed by atoms with van der Waals surface area (Å²) in [5.74, 6) is -0.592. The molecule has 0 aliphatic heterocycles. The van der Waals surface area contributed by atoms with Gasteiger partial charge in [-0.15, -0.1) is 0 Å². The zero-order valence-corrected chi connectivity index (χ0v) is 17.7. The number of carbonyl (C=O) groups excluding carboxylic acids is 2. The highest BCUT2D eigenvalue weighted by molar-refractivity contribution is 7.90. The summed E-state index contributed by atoms with van der Waals surface area (Å²) in [6.07, 6.45) is 0.998. The van der Waals surface area contributed by atoms with E-state index in [0.29, 0.717) is 16.5 Å². The van der Waals surface area contributed by atoms with E-state index in [1.165, 1.54) is 38.4 Å². The first-order chi connectivity index (χ1) is 13.0. The fourth-order valence-electron chi connectivity index (χ4n) is 2.40. The van der Waals surface area contributed by atoms with Crippen molar-refractivity contribution >= 4 is 50.5 Å². The number of benzene rings is 2. The highest BCUT2D eigenvalue weighted by Gasteiger charge is 2.20. The maximum absolute atomic E-state index is 12.6. The van der Waals surface area contributed by atoms with Crippen LogP contribution in [0.5, 0.6) is 5.75 Å². The van der Waals surface area contributed by atoms with E-state index in [1.54, 1.807) is 12.1 Å². The first kappa shape index (κ1) is 22.0. The molecule has 2 aromatic rings. The largest absolute Gasteiger partial charge is 0.495 e. The van der Waals surface area contributed by atoms with Crippen LogP contribution in [0.15, 0.2) is 41.3 Å². The molecule has 0 aliphatic carbocycles. The van der Waals surface area contributed by atoms with Crippen molar-refractivity contribution in [3.63, 3.8) is 0 Å². The number of likely N-dealkylation sites (N-methyl/N-ethyl adjacent to an activating group) is 1. The number of halogens is 2. The summed E-state index contributed by atoms with van der Waals surface area (Å²) < 4.78 is 28.7. The lowest BCUT2D eigenvalue weighted by atomic mass is 10.2. The maximum Gasteiger partial charge on any atom is 0.254 e. The number of sulfone groups is 1. The molecule has 0 unspecified atom stereocenters. The van der Waals surface area contributed by atoms with E-state index in [-0.39, 0.29) is 22.0 Å². The molecule has 7 nitrogen and oxygen atoms in total. The van der Waals surface area contributed by atoms with Gasteiger partial charge in [-0.2, -0.15) is 0 Å². The first-order valence-electron chi connectivity index (χ1n) is 7.91.